The maximum atomic E-state index is 5.16. The number of benzene rings is 7. The molecule has 1 aliphatic heterocycles. The first-order valence-corrected chi connectivity index (χ1v) is 22.7. The van der Waals surface area contributed by atoms with Crippen molar-refractivity contribution in [2.75, 3.05) is 0 Å². The minimum Gasteiger partial charge on any atom is -0.327 e. The number of hydrogen-bond acceptors (Lipinski definition) is 3. The highest BCUT2D eigenvalue weighted by atomic mass is 32.2. The molecule has 0 N–H and O–H groups in total. The van der Waals surface area contributed by atoms with Gasteiger partial charge in [-0.15, -0.1) is 0 Å². The van der Waals surface area contributed by atoms with Gasteiger partial charge in [0.2, 0.25) is 0 Å². The van der Waals surface area contributed by atoms with Crippen molar-refractivity contribution in [1.29, 1.82) is 0 Å². The molecule has 0 radical (unpaired) electrons. The summed E-state index contributed by atoms with van der Waals surface area (Å²) in [4.78, 5) is 12.8. The van der Waals surface area contributed by atoms with E-state index in [4.69, 9.17) is 9.97 Å². The molecule has 0 unspecified atom stereocenters. The van der Waals surface area contributed by atoms with Gasteiger partial charge in [0.15, 0.2) is 8.07 Å². The van der Waals surface area contributed by atoms with E-state index in [0.29, 0.717) is 0 Å². The smallest absolute Gasteiger partial charge is 0.179 e. The number of pyridine rings is 1. The summed E-state index contributed by atoms with van der Waals surface area (Å²) in [6.07, 6.45) is 1.92. The molecule has 4 heterocycles. The van der Waals surface area contributed by atoms with Gasteiger partial charge >= 0.3 is 0 Å². The van der Waals surface area contributed by atoms with E-state index in [0.717, 1.165) is 33.8 Å². The Hall–Kier alpha value is -6.47. The molecule has 6 heteroatoms. The van der Waals surface area contributed by atoms with Gasteiger partial charge in [0.05, 0.1) is 22.1 Å². The summed E-state index contributed by atoms with van der Waals surface area (Å²) >= 11 is 1.88. The van der Waals surface area contributed by atoms with Gasteiger partial charge < -0.3 is 4.57 Å². The van der Waals surface area contributed by atoms with Crippen LogP contribution in [0.25, 0.3) is 50.0 Å². The third kappa shape index (κ3) is 5.08. The van der Waals surface area contributed by atoms with Gasteiger partial charge in [-0.3, -0.25) is 4.57 Å². The van der Waals surface area contributed by atoms with E-state index in [1.807, 2.05) is 24.0 Å². The topological polar surface area (TPSA) is 35.6 Å². The van der Waals surface area contributed by atoms with Gasteiger partial charge in [-0.05, 0) is 68.8 Å². The van der Waals surface area contributed by atoms with Gasteiger partial charge in [-0.25, -0.2) is 9.97 Å². The Labute approximate surface area is 343 Å². The van der Waals surface area contributed by atoms with Crippen LogP contribution in [0.15, 0.2) is 198 Å². The Morgan fingerprint density at radius 3 is 1.98 bits per heavy atom. The van der Waals surface area contributed by atoms with Crippen molar-refractivity contribution in [2.45, 2.75) is 29.1 Å². The number of aromatic nitrogens is 4. The summed E-state index contributed by atoms with van der Waals surface area (Å²) < 4.78 is 4.67. The third-order valence-corrected chi connectivity index (χ3v) is 18.3. The van der Waals surface area contributed by atoms with Crippen molar-refractivity contribution < 1.29 is 0 Å². The van der Waals surface area contributed by atoms with Crippen molar-refractivity contribution in [3.63, 3.8) is 0 Å². The van der Waals surface area contributed by atoms with Crippen molar-refractivity contribution >= 4 is 73.4 Å². The first kappa shape index (κ1) is 34.7. The van der Waals surface area contributed by atoms with Crippen LogP contribution in [-0.2, 0) is 12.5 Å². The zero-order chi connectivity index (χ0) is 39.0. The molecule has 11 rings (SSSR count). The maximum absolute atomic E-state index is 5.16. The SMILES string of the molecule is Cn1c(-c2cccc([Si](c3ccccc3)(c3ccccc3)c3ccc4c5ccc6c(c5n(-c5ccccn5)c4c3)C(C)(C)c3ccccc3S6)c2)nc2ccccc21. The summed E-state index contributed by atoms with van der Waals surface area (Å²) in [6, 6.07) is 67.2. The number of fused-ring (bicyclic) bond motifs is 7. The molecule has 0 bridgehead atoms. The average molecular weight is 781 g/mol. The predicted molar refractivity (Wildman–Crippen MR) is 245 cm³/mol. The highest BCUT2D eigenvalue weighted by molar-refractivity contribution is 7.99. The van der Waals surface area contributed by atoms with E-state index in [-0.39, 0.29) is 5.41 Å². The molecule has 7 aromatic carbocycles. The Morgan fingerprint density at radius 2 is 1.22 bits per heavy atom. The number of aryl methyl sites for hydroxylation is 1. The second kappa shape index (κ2) is 13.3. The second-order valence-electron chi connectivity index (χ2n) is 15.9. The molecule has 0 fully saturated rings. The summed E-state index contributed by atoms with van der Waals surface area (Å²) in [5, 5.41) is 7.75. The van der Waals surface area contributed by atoms with Crippen LogP contribution in [0.2, 0.25) is 0 Å². The van der Waals surface area contributed by atoms with Crippen LogP contribution in [-0.4, -0.2) is 27.2 Å². The van der Waals surface area contributed by atoms with E-state index >= 15 is 0 Å². The van der Waals surface area contributed by atoms with Crippen LogP contribution in [0.5, 0.6) is 0 Å². The normalized spacial score (nSPS) is 13.5. The van der Waals surface area contributed by atoms with Gasteiger partial charge in [-0.2, -0.15) is 0 Å². The van der Waals surface area contributed by atoms with Crippen LogP contribution >= 0.6 is 11.8 Å². The van der Waals surface area contributed by atoms with Crippen LogP contribution in [0.1, 0.15) is 25.0 Å². The fraction of sp³-hybridized carbons (Fsp3) is 0.0769. The van der Waals surface area contributed by atoms with Gasteiger partial charge in [0, 0.05) is 50.3 Å². The zero-order valence-electron chi connectivity index (χ0n) is 32.6. The molecule has 0 saturated heterocycles. The minimum absolute atomic E-state index is 0.233. The number of imidazole rings is 1. The fourth-order valence-corrected chi connectivity index (χ4v) is 15.9. The summed E-state index contributed by atoms with van der Waals surface area (Å²) in [5.74, 6) is 1.88. The quantitative estimate of drug-likeness (QED) is 0.125. The van der Waals surface area contributed by atoms with Crippen LogP contribution in [0, 0.1) is 0 Å². The second-order valence-corrected chi connectivity index (χ2v) is 20.8. The lowest BCUT2D eigenvalue weighted by atomic mass is 9.76. The van der Waals surface area contributed by atoms with E-state index in [2.05, 4.69) is 206 Å². The molecule has 10 aromatic rings. The molecule has 4 nitrogen and oxygen atoms in total. The molecule has 58 heavy (non-hydrogen) atoms. The molecule has 3 aromatic heterocycles. The Kier molecular flexibility index (Phi) is 7.97. The lowest BCUT2D eigenvalue weighted by molar-refractivity contribution is 0.611. The molecular weight excluding hydrogens is 741 g/mol. The van der Waals surface area contributed by atoms with Crippen molar-refractivity contribution in [1.82, 2.24) is 19.1 Å². The molecular formula is C52H40N4SSi. The zero-order valence-corrected chi connectivity index (χ0v) is 34.4. The average Bonchev–Trinajstić information content (AvgIpc) is 3.79. The Morgan fingerprint density at radius 1 is 0.552 bits per heavy atom. The molecule has 0 amide bonds. The van der Waals surface area contributed by atoms with Crippen LogP contribution in [0.4, 0.5) is 0 Å². The van der Waals surface area contributed by atoms with E-state index in [1.165, 1.54) is 58.0 Å². The van der Waals surface area contributed by atoms with Gasteiger partial charge in [0.1, 0.15) is 11.6 Å². The highest BCUT2D eigenvalue weighted by Gasteiger charge is 2.43. The van der Waals surface area contributed by atoms with Crippen molar-refractivity contribution in [2.24, 2.45) is 7.05 Å². The molecule has 0 spiro atoms. The van der Waals surface area contributed by atoms with Crippen molar-refractivity contribution in [3.05, 3.63) is 199 Å². The Balaban J connectivity index is 1.24. The molecule has 278 valence electrons. The largest absolute Gasteiger partial charge is 0.327 e. The van der Waals surface area contributed by atoms with Crippen LogP contribution < -0.4 is 20.7 Å². The highest BCUT2D eigenvalue weighted by Crippen LogP contribution is 2.52. The van der Waals surface area contributed by atoms with Crippen molar-refractivity contribution in [3.8, 4) is 17.2 Å². The predicted octanol–water partition coefficient (Wildman–Crippen LogP) is 9.90. The Bertz CT molecular complexity index is 3150. The summed E-state index contributed by atoms with van der Waals surface area (Å²) in [6.45, 7) is 4.77. The fourth-order valence-electron chi connectivity index (χ4n) is 9.73. The number of nitrogens with zero attached hydrogens (tertiary/aromatic N) is 4. The molecule has 0 aliphatic carbocycles. The lowest BCUT2D eigenvalue weighted by Crippen LogP contribution is -2.74. The number of hydrogen-bond donors (Lipinski definition) is 0. The van der Waals surface area contributed by atoms with Crippen LogP contribution in [0.3, 0.4) is 0 Å². The third-order valence-electron chi connectivity index (χ3n) is 12.4. The number of para-hydroxylation sites is 2. The first-order chi connectivity index (χ1) is 28.4. The molecule has 0 atom stereocenters. The summed E-state index contributed by atoms with van der Waals surface area (Å²) in [7, 11) is -0.867. The molecule has 0 saturated carbocycles. The lowest BCUT2D eigenvalue weighted by Gasteiger charge is -2.35. The van der Waals surface area contributed by atoms with E-state index < -0.39 is 8.07 Å². The minimum atomic E-state index is -2.99. The standard InChI is InChI=1S/C52H40N4SSi/c1-52(2)42-23-10-13-26-46(42)57-47-31-30-41-40-29-28-39(34-45(40)56(50(41)49(47)52)48-27-14-15-32-53-48)58(36-18-6-4-7-19-36,37-20-8-5-9-21-37)38-22-16-17-35(33-38)51-54-43-24-11-12-25-44(43)55(51)3/h4-34H,1-3H3. The monoisotopic (exact) mass is 780 g/mol. The first-order valence-electron chi connectivity index (χ1n) is 19.9. The van der Waals surface area contributed by atoms with Gasteiger partial charge in [0.25, 0.3) is 0 Å². The summed E-state index contributed by atoms with van der Waals surface area (Å²) in [5.41, 5.74) is 8.09. The van der Waals surface area contributed by atoms with Gasteiger partial charge in [-0.1, -0.05) is 165 Å². The number of rotatable bonds is 6. The van der Waals surface area contributed by atoms with E-state index in [1.54, 1.807) is 0 Å². The molecule has 1 aliphatic rings. The maximum Gasteiger partial charge on any atom is 0.179 e. The van der Waals surface area contributed by atoms with E-state index in [9.17, 15) is 0 Å².